The first kappa shape index (κ1) is 40.9. The molecule has 1 aliphatic heterocycles. The number of benzene rings is 3. The maximum atomic E-state index is 14.2. The molecule has 0 aromatic heterocycles. The molecule has 0 fully saturated rings. The molecule has 3 aromatic rings. The number of carbonyl (C=O) groups excluding carboxylic acids is 5. The van der Waals surface area contributed by atoms with Crippen molar-refractivity contribution >= 4 is 29.8 Å². The van der Waals surface area contributed by atoms with Crippen molar-refractivity contribution in [2.24, 2.45) is 5.92 Å². The Morgan fingerprint density at radius 2 is 1.70 bits per heavy atom. The number of amides is 3. The molecule has 0 spiro atoms. The van der Waals surface area contributed by atoms with E-state index in [1.807, 2.05) is 55.5 Å². The molecule has 54 heavy (non-hydrogen) atoms. The van der Waals surface area contributed by atoms with Gasteiger partial charge in [-0.1, -0.05) is 68.1 Å². The minimum atomic E-state index is -1.14. The normalized spacial score (nSPS) is 17.2. The first-order valence-corrected chi connectivity index (χ1v) is 17.7. The van der Waals surface area contributed by atoms with Gasteiger partial charge < -0.3 is 29.6 Å². The molecule has 13 nitrogen and oxygen atoms in total. The van der Waals surface area contributed by atoms with Crippen LogP contribution in [0, 0.1) is 12.8 Å². The minimum Gasteiger partial charge on any atom is -0.491 e. The van der Waals surface area contributed by atoms with E-state index >= 15 is 0 Å². The Labute approximate surface area is 316 Å². The zero-order valence-electron chi connectivity index (χ0n) is 31.9. The van der Waals surface area contributed by atoms with E-state index in [0.717, 1.165) is 22.3 Å². The molecule has 3 aromatic carbocycles. The summed E-state index contributed by atoms with van der Waals surface area (Å²) in [6.45, 7) is 13.0. The summed E-state index contributed by atoms with van der Waals surface area (Å²) >= 11 is 0. The topological polar surface area (TPSA) is 162 Å². The van der Waals surface area contributed by atoms with Crippen LogP contribution in [-0.2, 0) is 41.6 Å². The molecular formula is C41H50N4O9. The molecule has 3 amide bonds. The predicted molar refractivity (Wildman–Crippen MR) is 202 cm³/mol. The molecule has 3 atom stereocenters. The van der Waals surface area contributed by atoms with E-state index in [1.165, 1.54) is 19.1 Å². The molecule has 13 heteroatoms. The highest BCUT2D eigenvalue weighted by Gasteiger charge is 2.34. The lowest BCUT2D eigenvalue weighted by Crippen LogP contribution is -2.46. The van der Waals surface area contributed by atoms with E-state index in [4.69, 9.17) is 18.9 Å². The highest BCUT2D eigenvalue weighted by molar-refractivity contribution is 5.94. The number of hydrogen-bond donors (Lipinski definition) is 3. The number of nitrogens with one attached hydrogen (secondary N) is 3. The van der Waals surface area contributed by atoms with Crippen molar-refractivity contribution in [2.75, 3.05) is 27.3 Å². The fourth-order valence-corrected chi connectivity index (χ4v) is 5.92. The van der Waals surface area contributed by atoms with Crippen LogP contribution in [0.15, 0.2) is 79.1 Å². The molecule has 4 rings (SSSR count). The van der Waals surface area contributed by atoms with Gasteiger partial charge in [-0.2, -0.15) is 0 Å². The van der Waals surface area contributed by atoms with Gasteiger partial charge in [0.1, 0.15) is 42.5 Å². The second-order valence-corrected chi connectivity index (χ2v) is 14.2. The molecule has 4 bridgehead atoms. The molecule has 288 valence electrons. The van der Waals surface area contributed by atoms with Crippen molar-refractivity contribution in [1.82, 2.24) is 20.9 Å². The van der Waals surface area contributed by atoms with Crippen LogP contribution >= 0.6 is 0 Å². The number of alkyl carbamates (subject to hydrolysis) is 1. The number of Topliss-reactive ketones (excluding diaryl/α,β-unsaturated/α-hetero) is 1. The quantitative estimate of drug-likeness (QED) is 0.133. The number of methoxy groups -OCH3 is 1. The van der Waals surface area contributed by atoms with Crippen molar-refractivity contribution in [2.45, 2.75) is 71.8 Å². The van der Waals surface area contributed by atoms with Gasteiger partial charge in [-0.15, -0.1) is 0 Å². The van der Waals surface area contributed by atoms with Crippen LogP contribution in [0.1, 0.15) is 62.4 Å². The highest BCUT2D eigenvalue weighted by atomic mass is 16.6. The lowest BCUT2D eigenvalue weighted by atomic mass is 9.89. The number of fused-ring (bicyclic) bond motifs is 5. The average Bonchev–Trinajstić information content (AvgIpc) is 3.12. The van der Waals surface area contributed by atoms with E-state index in [2.05, 4.69) is 22.5 Å². The molecule has 1 aliphatic rings. The number of ketones is 1. The molecule has 1 heterocycles. The molecule has 0 saturated carbocycles. The third-order valence-corrected chi connectivity index (χ3v) is 8.64. The van der Waals surface area contributed by atoms with Crippen molar-refractivity contribution in [1.29, 1.82) is 0 Å². The van der Waals surface area contributed by atoms with Crippen LogP contribution in [0.2, 0.25) is 0 Å². The molecule has 0 aliphatic carbocycles. The largest absolute Gasteiger partial charge is 0.491 e. The summed E-state index contributed by atoms with van der Waals surface area (Å²) in [7, 11) is 2.73. The Hall–Kier alpha value is -5.85. The van der Waals surface area contributed by atoms with Crippen LogP contribution < -0.4 is 20.7 Å². The van der Waals surface area contributed by atoms with Crippen molar-refractivity contribution < 1.29 is 42.9 Å². The molecule has 0 unspecified atom stereocenters. The van der Waals surface area contributed by atoms with Crippen LogP contribution in [0.5, 0.6) is 5.75 Å². The predicted octanol–water partition coefficient (Wildman–Crippen LogP) is 5.75. The van der Waals surface area contributed by atoms with E-state index in [9.17, 15) is 24.0 Å². The lowest BCUT2D eigenvalue weighted by molar-refractivity contribution is -0.145. The fourth-order valence-electron chi connectivity index (χ4n) is 5.92. The average molecular weight is 743 g/mol. The van der Waals surface area contributed by atoms with Gasteiger partial charge in [-0.3, -0.25) is 19.8 Å². The third-order valence-electron chi connectivity index (χ3n) is 8.64. The number of carbonyl (C=O) groups is 5. The van der Waals surface area contributed by atoms with Gasteiger partial charge in [0.05, 0.1) is 13.7 Å². The first-order chi connectivity index (χ1) is 25.6. The lowest BCUT2D eigenvalue weighted by Gasteiger charge is -2.29. The summed E-state index contributed by atoms with van der Waals surface area (Å²) in [6, 6.07) is 17.9. The molecular weight excluding hydrogens is 692 g/mol. The van der Waals surface area contributed by atoms with Gasteiger partial charge in [0, 0.05) is 31.4 Å². The summed E-state index contributed by atoms with van der Waals surface area (Å²) in [5.41, 5.74) is 3.57. The van der Waals surface area contributed by atoms with E-state index in [-0.39, 0.29) is 38.4 Å². The Kier molecular flexibility index (Phi) is 13.8. The summed E-state index contributed by atoms with van der Waals surface area (Å²) in [5, 5.41) is 8.31. The van der Waals surface area contributed by atoms with Crippen LogP contribution in [-0.4, -0.2) is 73.7 Å². The second kappa shape index (κ2) is 18.3. The Balaban J connectivity index is 1.71. The Morgan fingerprint density at radius 3 is 2.39 bits per heavy atom. The number of nitrogens with zero attached hydrogens (tertiary/aromatic N) is 1. The maximum Gasteiger partial charge on any atom is 0.413 e. The van der Waals surface area contributed by atoms with Gasteiger partial charge in [-0.25, -0.2) is 14.4 Å². The SMILES string of the molecule is C=C(NCCOc1ccc2cc1-c1cc(ccc1C)C[C@@H](C(=O)OC)NC(=O)[C@H](C)CC(=O)[C@H]2N(C)C(=O)OCc1ccccc1)NC(=O)OC(C)(C)C. The van der Waals surface area contributed by atoms with Crippen molar-refractivity contribution in [3.8, 4) is 16.9 Å². The standard InChI is InChI=1S/C41H50N4O9/c1-25-14-15-29-21-31(25)32-23-30(16-17-35(32)52-19-18-42-27(3)43-39(49)54-41(4,5)6)36(45(7)40(50)53-24-28-12-10-9-11-13-28)34(46)20-26(2)37(47)44-33(22-29)38(48)51-8/h9-17,21,23,26,33,36,42H,3,18-20,22,24H2,1-2,4-8H3,(H,43,49)(H,44,47)/t26-,33+,36+/m1/s1. The van der Waals surface area contributed by atoms with Gasteiger partial charge >= 0.3 is 18.2 Å². The monoisotopic (exact) mass is 742 g/mol. The minimum absolute atomic E-state index is 0.00356. The number of aryl methyl sites for hydroxylation is 1. The van der Waals surface area contributed by atoms with Gasteiger partial charge in [0.25, 0.3) is 0 Å². The number of rotatable bonds is 10. The zero-order chi connectivity index (χ0) is 39.6. The van der Waals surface area contributed by atoms with Crippen molar-refractivity contribution in [3.05, 3.63) is 101 Å². The van der Waals surface area contributed by atoms with E-state index in [1.54, 1.807) is 45.9 Å². The maximum absolute atomic E-state index is 14.2. The summed E-state index contributed by atoms with van der Waals surface area (Å²) < 4.78 is 22.2. The number of esters is 1. The van der Waals surface area contributed by atoms with Crippen LogP contribution in [0.3, 0.4) is 0 Å². The Bertz CT molecular complexity index is 1850. The summed E-state index contributed by atoms with van der Waals surface area (Å²) in [4.78, 5) is 67.3. The fraction of sp³-hybridized carbons (Fsp3) is 0.390. The van der Waals surface area contributed by atoms with Gasteiger partial charge in [0.15, 0.2) is 5.78 Å². The summed E-state index contributed by atoms with van der Waals surface area (Å²) in [6.07, 6.45) is -1.47. The summed E-state index contributed by atoms with van der Waals surface area (Å²) in [5.74, 6) is -1.67. The van der Waals surface area contributed by atoms with Crippen molar-refractivity contribution in [3.63, 3.8) is 0 Å². The second-order valence-electron chi connectivity index (χ2n) is 14.2. The van der Waals surface area contributed by atoms with Gasteiger partial charge in [-0.05, 0) is 67.6 Å². The smallest absolute Gasteiger partial charge is 0.413 e. The van der Waals surface area contributed by atoms with Crippen LogP contribution in [0.4, 0.5) is 9.59 Å². The van der Waals surface area contributed by atoms with Crippen LogP contribution in [0.25, 0.3) is 11.1 Å². The molecule has 0 radical (unpaired) electrons. The van der Waals surface area contributed by atoms with Gasteiger partial charge in [0.2, 0.25) is 5.91 Å². The highest BCUT2D eigenvalue weighted by Crippen LogP contribution is 2.37. The number of hydrogen-bond acceptors (Lipinski definition) is 10. The zero-order valence-corrected chi connectivity index (χ0v) is 31.9. The van der Waals surface area contributed by atoms with E-state index in [0.29, 0.717) is 16.9 Å². The number of ether oxygens (including phenoxy) is 4. The Morgan fingerprint density at radius 1 is 0.981 bits per heavy atom. The van der Waals surface area contributed by atoms with E-state index < -0.39 is 53.4 Å². The molecule has 3 N–H and O–H groups in total. The third kappa shape index (κ3) is 11.3. The first-order valence-electron chi connectivity index (χ1n) is 17.7. The molecule has 0 saturated heterocycles. The number of likely N-dealkylation sites (N-methyl/N-ethyl adjacent to an activating group) is 1.